The van der Waals surface area contributed by atoms with Gasteiger partial charge in [0.05, 0.1) is 5.39 Å². The molecule has 7 heteroatoms. The van der Waals surface area contributed by atoms with Crippen LogP contribution in [0.3, 0.4) is 0 Å². The molecule has 1 aliphatic rings. The topological polar surface area (TPSA) is 88.8 Å². The van der Waals surface area contributed by atoms with Crippen molar-refractivity contribution in [1.29, 1.82) is 0 Å². The Kier molecular flexibility index (Phi) is 4.85. The van der Waals surface area contributed by atoms with Crippen molar-refractivity contribution in [3.63, 3.8) is 0 Å². The van der Waals surface area contributed by atoms with Crippen LogP contribution in [0, 0.1) is 0 Å². The van der Waals surface area contributed by atoms with Crippen molar-refractivity contribution in [1.82, 2.24) is 0 Å². The largest absolute Gasteiger partial charge is 1.00 e. The zero-order valence-electron chi connectivity index (χ0n) is 13.4. The molecular weight excluding hydrogens is 335 g/mol. The average molecular weight is 346 g/mol. The average Bonchev–Trinajstić information content (AvgIpc) is 3.02. The van der Waals surface area contributed by atoms with Gasteiger partial charge in [-0.05, 0) is 24.3 Å². The van der Waals surface area contributed by atoms with Gasteiger partial charge in [-0.3, -0.25) is 4.79 Å². The van der Waals surface area contributed by atoms with Crippen molar-refractivity contribution >= 4 is 16.9 Å². The molecule has 6 nitrogen and oxygen atoms in total. The van der Waals surface area contributed by atoms with E-state index in [1.54, 1.807) is 36.4 Å². The molecule has 2 aromatic carbocycles. The summed E-state index contributed by atoms with van der Waals surface area (Å²) in [5, 5.41) is 11.3. The maximum absolute atomic E-state index is 12.4. The second-order valence-electron chi connectivity index (χ2n) is 5.39. The Labute approximate surface area is 164 Å². The number of para-hydroxylation sites is 1. The molecule has 0 fully saturated rings. The van der Waals surface area contributed by atoms with Crippen LogP contribution in [0.5, 0.6) is 11.5 Å². The third-order valence-corrected chi connectivity index (χ3v) is 3.83. The number of fused-ring (bicyclic) bond motifs is 2. The molecule has 0 amide bonds. The molecule has 0 spiro atoms. The molecule has 0 bridgehead atoms. The fourth-order valence-corrected chi connectivity index (χ4v) is 2.72. The Balaban J connectivity index is 0.00000182. The van der Waals surface area contributed by atoms with Crippen LogP contribution in [0.15, 0.2) is 51.7 Å². The van der Waals surface area contributed by atoms with Crippen molar-refractivity contribution in [3.8, 4) is 22.8 Å². The summed E-state index contributed by atoms with van der Waals surface area (Å²) in [7, 11) is 0. The zero-order chi connectivity index (χ0) is 16.7. The number of aliphatic carboxylic acids is 1. The number of ether oxygens (including phenoxy) is 2. The van der Waals surface area contributed by atoms with Crippen LogP contribution < -0.4 is 49.6 Å². The first kappa shape index (κ1) is 17.5. The van der Waals surface area contributed by atoms with Crippen molar-refractivity contribution in [2.24, 2.45) is 0 Å². The molecule has 0 saturated heterocycles. The molecule has 2 heterocycles. The van der Waals surface area contributed by atoms with Crippen LogP contribution >= 0.6 is 0 Å². The van der Waals surface area contributed by atoms with Crippen molar-refractivity contribution in [2.45, 2.75) is 6.42 Å². The Hall–Kier alpha value is -2.28. The molecule has 1 aliphatic heterocycles. The molecule has 25 heavy (non-hydrogen) atoms. The van der Waals surface area contributed by atoms with E-state index in [1.165, 1.54) is 6.07 Å². The van der Waals surface area contributed by atoms with Gasteiger partial charge in [-0.2, -0.15) is 0 Å². The minimum atomic E-state index is -1.24. The normalized spacial score (nSPS) is 12.0. The van der Waals surface area contributed by atoms with Gasteiger partial charge in [0.15, 0.2) is 16.9 Å². The number of carbonyl (C=O) groups excluding carboxylic acids is 1. The summed E-state index contributed by atoms with van der Waals surface area (Å²) in [5.41, 5.74) is 1.04. The third kappa shape index (κ3) is 3.28. The summed E-state index contributed by atoms with van der Waals surface area (Å²) in [4.78, 5) is 23.3. The van der Waals surface area contributed by atoms with Crippen LogP contribution in [-0.4, -0.2) is 12.8 Å². The summed E-state index contributed by atoms with van der Waals surface area (Å²) in [6.07, 6.45) is -0.328. The summed E-state index contributed by atoms with van der Waals surface area (Å²) in [5.74, 6) is 0.285. The molecular formula is C18H11NaO6. The van der Waals surface area contributed by atoms with Crippen LogP contribution in [0.25, 0.3) is 22.3 Å². The van der Waals surface area contributed by atoms with E-state index in [9.17, 15) is 14.7 Å². The van der Waals surface area contributed by atoms with Crippen molar-refractivity contribution in [3.05, 3.63) is 58.3 Å². The second-order valence-corrected chi connectivity index (χ2v) is 5.39. The van der Waals surface area contributed by atoms with Crippen LogP contribution in [0.1, 0.15) is 5.56 Å². The second kappa shape index (κ2) is 6.92. The van der Waals surface area contributed by atoms with E-state index < -0.39 is 5.97 Å². The fourth-order valence-electron chi connectivity index (χ4n) is 2.72. The van der Waals surface area contributed by atoms with Crippen molar-refractivity contribution < 1.29 is 53.3 Å². The first-order valence-electron chi connectivity index (χ1n) is 7.27. The van der Waals surface area contributed by atoms with E-state index in [0.29, 0.717) is 33.8 Å². The fraction of sp³-hybridized carbons (Fsp3) is 0.111. The van der Waals surface area contributed by atoms with E-state index in [2.05, 4.69) is 0 Å². The predicted octanol–water partition coefficient (Wildman–Crippen LogP) is -1.51. The van der Waals surface area contributed by atoms with Gasteiger partial charge in [0.25, 0.3) is 0 Å². The molecule has 0 radical (unpaired) electrons. The molecule has 0 N–H and O–H groups in total. The molecule has 1 aromatic heterocycles. The smallest absolute Gasteiger partial charge is 0.550 e. The summed E-state index contributed by atoms with van der Waals surface area (Å²) in [6.45, 7) is 0.149. The van der Waals surface area contributed by atoms with Gasteiger partial charge < -0.3 is 23.8 Å². The molecule has 4 rings (SSSR count). The standard InChI is InChI=1S/C18H12O6.Na/c19-13-8-15(10-4-5-14-16(6-10)23-9-22-14)24-18-11(7-17(20)21)2-1-3-12(13)18;/h1-6,8H,7,9H2,(H,20,21);/q;+1/p-1. The Morgan fingerprint density at radius 3 is 2.68 bits per heavy atom. The van der Waals surface area contributed by atoms with E-state index in [4.69, 9.17) is 13.9 Å². The number of benzene rings is 2. The molecule has 0 atom stereocenters. The van der Waals surface area contributed by atoms with Gasteiger partial charge in [0.2, 0.25) is 6.79 Å². The SMILES string of the molecule is O=C([O-])Cc1cccc2c(=O)cc(-c3ccc4c(c3)OCO4)oc12.[Na+]. The van der Waals surface area contributed by atoms with Gasteiger partial charge in [0, 0.05) is 29.6 Å². The Morgan fingerprint density at radius 2 is 1.88 bits per heavy atom. The van der Waals surface area contributed by atoms with Crippen LogP contribution in [0.4, 0.5) is 0 Å². The summed E-state index contributed by atoms with van der Waals surface area (Å²) >= 11 is 0. The minimum absolute atomic E-state index is 0. The number of carboxylic acids is 1. The maximum atomic E-state index is 12.4. The predicted molar refractivity (Wildman–Crippen MR) is 82.8 cm³/mol. The quantitative estimate of drug-likeness (QED) is 0.536. The number of rotatable bonds is 3. The Morgan fingerprint density at radius 1 is 1.08 bits per heavy atom. The van der Waals surface area contributed by atoms with E-state index in [-0.39, 0.29) is 53.8 Å². The van der Waals surface area contributed by atoms with Crippen LogP contribution in [-0.2, 0) is 11.2 Å². The number of carbonyl (C=O) groups is 1. The van der Waals surface area contributed by atoms with E-state index >= 15 is 0 Å². The number of hydrogen-bond acceptors (Lipinski definition) is 6. The third-order valence-electron chi connectivity index (χ3n) is 3.83. The van der Waals surface area contributed by atoms with E-state index in [0.717, 1.165) is 0 Å². The molecule has 0 saturated carbocycles. The summed E-state index contributed by atoms with van der Waals surface area (Å²) in [6, 6.07) is 11.4. The van der Waals surface area contributed by atoms with E-state index in [1.807, 2.05) is 0 Å². The molecule has 0 unspecified atom stereocenters. The van der Waals surface area contributed by atoms with Gasteiger partial charge in [-0.25, -0.2) is 0 Å². The first-order valence-corrected chi connectivity index (χ1v) is 7.27. The van der Waals surface area contributed by atoms with Crippen LogP contribution in [0.2, 0.25) is 0 Å². The maximum Gasteiger partial charge on any atom is 1.00 e. The zero-order valence-corrected chi connectivity index (χ0v) is 15.4. The Bertz CT molecular complexity index is 1020. The van der Waals surface area contributed by atoms with Gasteiger partial charge in [-0.15, -0.1) is 0 Å². The number of carboxylic acid groups (broad SMARTS) is 1. The number of hydrogen-bond donors (Lipinski definition) is 0. The van der Waals surface area contributed by atoms with Gasteiger partial charge in [0.1, 0.15) is 11.3 Å². The molecule has 120 valence electrons. The van der Waals surface area contributed by atoms with Gasteiger partial charge in [-0.1, -0.05) is 12.1 Å². The summed E-state index contributed by atoms with van der Waals surface area (Å²) < 4.78 is 16.4. The van der Waals surface area contributed by atoms with Gasteiger partial charge >= 0.3 is 29.6 Å². The van der Waals surface area contributed by atoms with Crippen molar-refractivity contribution in [2.75, 3.05) is 6.79 Å². The molecule has 0 aliphatic carbocycles. The monoisotopic (exact) mass is 346 g/mol. The first-order chi connectivity index (χ1) is 11.6. The minimum Gasteiger partial charge on any atom is -0.550 e. The molecule has 3 aromatic rings.